The summed E-state index contributed by atoms with van der Waals surface area (Å²) < 4.78 is 6.65. The molecular formula is C17H36OSi2. The third kappa shape index (κ3) is 3.41. The van der Waals surface area contributed by atoms with E-state index in [0.717, 1.165) is 17.0 Å². The Morgan fingerprint density at radius 1 is 0.750 bits per heavy atom. The van der Waals surface area contributed by atoms with Crippen molar-refractivity contribution in [1.29, 1.82) is 0 Å². The molecule has 0 aromatic rings. The lowest BCUT2D eigenvalue weighted by molar-refractivity contribution is 0.00776. The fourth-order valence-corrected chi connectivity index (χ4v) is 13.5. The van der Waals surface area contributed by atoms with Gasteiger partial charge >= 0.3 is 0 Å². The summed E-state index contributed by atoms with van der Waals surface area (Å²) in [7, 11) is -2.33. The van der Waals surface area contributed by atoms with E-state index in [9.17, 15) is 0 Å². The maximum absolute atomic E-state index is 6.65. The van der Waals surface area contributed by atoms with E-state index in [1.807, 2.05) is 0 Å². The van der Waals surface area contributed by atoms with Crippen LogP contribution in [0.4, 0.5) is 0 Å². The van der Waals surface area contributed by atoms with Gasteiger partial charge in [-0.1, -0.05) is 58.5 Å². The maximum atomic E-state index is 6.65. The average Bonchev–Trinajstić information content (AvgIpc) is 2.67. The summed E-state index contributed by atoms with van der Waals surface area (Å²) in [6, 6.07) is 0. The average molecular weight is 313 g/mol. The van der Waals surface area contributed by atoms with Gasteiger partial charge in [-0.2, -0.15) is 0 Å². The molecule has 1 saturated heterocycles. The lowest BCUT2D eigenvalue weighted by atomic mass is 9.84. The summed E-state index contributed by atoms with van der Waals surface area (Å²) in [6.45, 7) is 17.8. The topological polar surface area (TPSA) is 9.23 Å². The molecule has 4 atom stereocenters. The van der Waals surface area contributed by atoms with Gasteiger partial charge in [0.1, 0.15) is 0 Å². The van der Waals surface area contributed by atoms with Crippen molar-refractivity contribution in [2.24, 2.45) is 5.92 Å². The molecule has 0 radical (unpaired) electrons. The first-order valence-corrected chi connectivity index (χ1v) is 15.9. The summed E-state index contributed by atoms with van der Waals surface area (Å²) >= 11 is 0. The summed E-state index contributed by atoms with van der Waals surface area (Å²) in [5.74, 6) is 0.865. The molecule has 1 heterocycles. The molecule has 0 bridgehead atoms. The van der Waals surface area contributed by atoms with Crippen LogP contribution < -0.4 is 0 Å². The molecule has 0 spiro atoms. The summed E-state index contributed by atoms with van der Waals surface area (Å²) in [6.07, 6.45) is 8.28. The van der Waals surface area contributed by atoms with Crippen LogP contribution in [-0.4, -0.2) is 28.4 Å². The second-order valence-corrected chi connectivity index (χ2v) is 20.3. The zero-order valence-corrected chi connectivity index (χ0v) is 16.8. The van der Waals surface area contributed by atoms with Crippen molar-refractivity contribution in [3.05, 3.63) is 0 Å². The Morgan fingerprint density at radius 3 is 1.70 bits per heavy atom. The lowest BCUT2D eigenvalue weighted by Crippen LogP contribution is -2.45. The Balaban J connectivity index is 2.27. The first kappa shape index (κ1) is 16.8. The van der Waals surface area contributed by atoms with Crippen molar-refractivity contribution in [1.82, 2.24) is 0 Å². The number of hydrogen-bond donors (Lipinski definition) is 0. The van der Waals surface area contributed by atoms with E-state index in [1.54, 1.807) is 0 Å². The second-order valence-electron chi connectivity index (χ2n) is 9.49. The first-order valence-electron chi connectivity index (χ1n) is 8.78. The van der Waals surface area contributed by atoms with Gasteiger partial charge < -0.3 is 4.74 Å². The van der Waals surface area contributed by atoms with Crippen LogP contribution in [0.15, 0.2) is 0 Å². The van der Waals surface area contributed by atoms with Crippen molar-refractivity contribution in [2.45, 2.75) is 102 Å². The lowest BCUT2D eigenvalue weighted by Gasteiger charge is -2.42. The molecule has 3 heteroatoms. The highest BCUT2D eigenvalue weighted by Gasteiger charge is 2.54. The largest absolute Gasteiger partial charge is 0.375 e. The van der Waals surface area contributed by atoms with Crippen LogP contribution >= 0.6 is 0 Å². The zero-order valence-electron chi connectivity index (χ0n) is 14.8. The minimum atomic E-state index is -1.18. The fourth-order valence-electron chi connectivity index (χ4n) is 5.05. The van der Waals surface area contributed by atoms with Crippen LogP contribution in [0.3, 0.4) is 0 Å². The summed E-state index contributed by atoms with van der Waals surface area (Å²) in [5.41, 5.74) is 1.77. The highest BCUT2D eigenvalue weighted by Crippen LogP contribution is 2.55. The monoisotopic (exact) mass is 312 g/mol. The highest BCUT2D eigenvalue weighted by atomic mass is 28.3. The Hall–Kier alpha value is 0.394. The van der Waals surface area contributed by atoms with E-state index in [2.05, 4.69) is 46.2 Å². The highest BCUT2D eigenvalue weighted by molar-refractivity contribution is 6.83. The number of rotatable bonds is 3. The van der Waals surface area contributed by atoms with Gasteiger partial charge in [0.05, 0.1) is 28.4 Å². The molecule has 2 fully saturated rings. The molecular weight excluding hydrogens is 276 g/mol. The van der Waals surface area contributed by atoms with Gasteiger partial charge in [0.2, 0.25) is 0 Å². The Kier molecular flexibility index (Phi) is 4.93. The third-order valence-corrected chi connectivity index (χ3v) is 11.6. The minimum absolute atomic E-state index is 0.505. The summed E-state index contributed by atoms with van der Waals surface area (Å²) in [5, 5.41) is 0. The van der Waals surface area contributed by atoms with Gasteiger partial charge in [0.25, 0.3) is 0 Å². The van der Waals surface area contributed by atoms with Gasteiger partial charge in [0, 0.05) is 0 Å². The van der Waals surface area contributed by atoms with Crippen LogP contribution in [-0.2, 0) is 4.74 Å². The van der Waals surface area contributed by atoms with Gasteiger partial charge in [-0.3, -0.25) is 0 Å². The van der Waals surface area contributed by atoms with Crippen LogP contribution in [0.1, 0.15) is 39.0 Å². The van der Waals surface area contributed by atoms with Gasteiger partial charge in [0.15, 0.2) is 0 Å². The quantitative estimate of drug-likeness (QED) is 0.601. The van der Waals surface area contributed by atoms with E-state index in [0.29, 0.717) is 12.2 Å². The van der Waals surface area contributed by atoms with Crippen molar-refractivity contribution in [3.63, 3.8) is 0 Å². The van der Waals surface area contributed by atoms with Crippen LogP contribution in [0.5, 0.6) is 0 Å². The molecule has 2 rings (SSSR count). The van der Waals surface area contributed by atoms with E-state index < -0.39 is 16.1 Å². The van der Waals surface area contributed by atoms with Gasteiger partial charge in [-0.15, -0.1) is 0 Å². The smallest absolute Gasteiger partial charge is 0.0612 e. The molecule has 0 aromatic heterocycles. The molecule has 118 valence electrons. The van der Waals surface area contributed by atoms with Crippen molar-refractivity contribution < 1.29 is 4.74 Å². The second kappa shape index (κ2) is 5.88. The van der Waals surface area contributed by atoms with Crippen molar-refractivity contribution in [3.8, 4) is 0 Å². The van der Waals surface area contributed by atoms with Crippen molar-refractivity contribution >= 4 is 16.1 Å². The predicted octanol–water partition coefficient (Wildman–Crippen LogP) is 5.77. The standard InChI is InChI=1S/C17H36OSi2/c1-13-16(19(2,3)4)17(20(5,6)7)15(18-13)14-11-9-8-10-12-14/h13-17H,8-12H2,1-7H3/t13-,15+,16-,17-/m0/s1. The first-order chi connectivity index (χ1) is 9.12. The van der Waals surface area contributed by atoms with Crippen LogP contribution in [0, 0.1) is 5.92 Å². The number of ether oxygens (including phenoxy) is 1. The Bertz CT molecular complexity index is 323. The zero-order chi connectivity index (χ0) is 15.1. The molecule has 1 aliphatic carbocycles. The van der Waals surface area contributed by atoms with Crippen LogP contribution in [0.2, 0.25) is 50.4 Å². The molecule has 1 saturated carbocycles. The van der Waals surface area contributed by atoms with E-state index in [4.69, 9.17) is 4.74 Å². The molecule has 2 aliphatic rings. The van der Waals surface area contributed by atoms with E-state index >= 15 is 0 Å². The third-order valence-electron chi connectivity index (χ3n) is 5.73. The normalized spacial score (nSPS) is 37.4. The number of hydrogen-bond acceptors (Lipinski definition) is 1. The SMILES string of the molecule is C[C@@H]1O[C@H](C2CCCCC2)[C@H]([Si](C)(C)C)[C@H]1[Si](C)(C)C. The van der Waals surface area contributed by atoms with E-state index in [1.165, 1.54) is 32.1 Å². The molecule has 1 nitrogen and oxygen atoms in total. The van der Waals surface area contributed by atoms with E-state index in [-0.39, 0.29) is 0 Å². The molecule has 20 heavy (non-hydrogen) atoms. The molecule has 0 N–H and O–H groups in total. The fraction of sp³-hybridized carbons (Fsp3) is 1.00. The maximum Gasteiger partial charge on any atom is 0.0612 e. The van der Waals surface area contributed by atoms with Crippen LogP contribution in [0.25, 0.3) is 0 Å². The van der Waals surface area contributed by atoms with Gasteiger partial charge in [-0.25, -0.2) is 0 Å². The van der Waals surface area contributed by atoms with Gasteiger partial charge in [-0.05, 0) is 36.8 Å². The molecule has 0 unspecified atom stereocenters. The van der Waals surface area contributed by atoms with Crippen molar-refractivity contribution in [2.75, 3.05) is 0 Å². The minimum Gasteiger partial charge on any atom is -0.375 e. The molecule has 0 amide bonds. The Morgan fingerprint density at radius 2 is 1.25 bits per heavy atom. The molecule has 0 aromatic carbocycles. The predicted molar refractivity (Wildman–Crippen MR) is 95.1 cm³/mol. The summed E-state index contributed by atoms with van der Waals surface area (Å²) in [4.78, 5) is 0. The Labute approximate surface area is 128 Å². The molecule has 1 aliphatic heterocycles.